The minimum atomic E-state index is 0.822. The van der Waals surface area contributed by atoms with E-state index in [1.807, 2.05) is 18.3 Å². The van der Waals surface area contributed by atoms with E-state index in [4.69, 9.17) is 11.6 Å². The fourth-order valence-corrected chi connectivity index (χ4v) is 3.48. The van der Waals surface area contributed by atoms with E-state index < -0.39 is 0 Å². The molecule has 0 aliphatic rings. The van der Waals surface area contributed by atoms with E-state index in [9.17, 15) is 0 Å². The van der Waals surface area contributed by atoms with Gasteiger partial charge in [0.25, 0.3) is 0 Å². The smallest absolute Gasteiger partial charge is 0.0621 e. The Morgan fingerprint density at radius 2 is 1.17 bits per heavy atom. The normalized spacial score (nSPS) is 11.1. The molecule has 0 unspecified atom stereocenters. The molecule has 0 aliphatic heterocycles. The van der Waals surface area contributed by atoms with Crippen molar-refractivity contribution >= 4 is 11.6 Å². The Morgan fingerprint density at radius 1 is 0.708 bits per heavy atom. The van der Waals surface area contributed by atoms with Crippen LogP contribution in [0.1, 0.15) is 109 Å². The van der Waals surface area contributed by atoms with Gasteiger partial charge in [-0.1, -0.05) is 108 Å². The Morgan fingerprint density at radius 3 is 1.62 bits per heavy atom. The number of halogens is 1. The van der Waals surface area contributed by atoms with Crippen LogP contribution in [0.4, 0.5) is 0 Å². The van der Waals surface area contributed by atoms with Gasteiger partial charge >= 0.3 is 0 Å². The molecular weight excluding hydrogens is 314 g/mol. The zero-order valence-corrected chi connectivity index (χ0v) is 16.6. The number of hydrogen-bond donors (Lipinski definition) is 0. The third-order valence-corrected chi connectivity index (χ3v) is 5.20. The molecule has 0 amide bonds. The largest absolute Gasteiger partial charge is 0.260 e. The summed E-state index contributed by atoms with van der Waals surface area (Å²) in [6, 6.07) is 3.84. The van der Waals surface area contributed by atoms with Crippen molar-refractivity contribution in [2.75, 3.05) is 0 Å². The van der Waals surface area contributed by atoms with E-state index in [-0.39, 0.29) is 0 Å². The van der Waals surface area contributed by atoms with Crippen molar-refractivity contribution in [3.63, 3.8) is 0 Å². The van der Waals surface area contributed by atoms with Crippen molar-refractivity contribution in [3.8, 4) is 0 Å². The lowest BCUT2D eigenvalue weighted by Crippen LogP contribution is -1.91. The summed E-state index contributed by atoms with van der Waals surface area (Å²) in [5.41, 5.74) is 1.06. The van der Waals surface area contributed by atoms with Gasteiger partial charge in [-0.2, -0.15) is 0 Å². The lowest BCUT2D eigenvalue weighted by molar-refractivity contribution is 0.532. The van der Waals surface area contributed by atoms with Gasteiger partial charge in [0.05, 0.1) is 10.7 Å². The van der Waals surface area contributed by atoms with Crippen LogP contribution in [0.15, 0.2) is 18.3 Å². The Bertz CT molecular complexity index is 391. The number of hydrogen-bond acceptors (Lipinski definition) is 1. The van der Waals surface area contributed by atoms with Gasteiger partial charge in [-0.05, 0) is 25.0 Å². The summed E-state index contributed by atoms with van der Waals surface area (Å²) in [7, 11) is 0. The third-order valence-electron chi connectivity index (χ3n) is 4.85. The van der Waals surface area contributed by atoms with E-state index >= 15 is 0 Å². The van der Waals surface area contributed by atoms with E-state index in [0.29, 0.717) is 0 Å². The Balaban J connectivity index is 1.77. The average molecular weight is 352 g/mol. The molecule has 0 atom stereocenters. The number of nitrogens with zero attached hydrogens (tertiary/aromatic N) is 1. The first-order valence-corrected chi connectivity index (χ1v) is 10.8. The molecule has 0 aromatic carbocycles. The van der Waals surface area contributed by atoms with Crippen molar-refractivity contribution in [2.24, 2.45) is 0 Å². The maximum absolute atomic E-state index is 6.13. The van der Waals surface area contributed by atoms with Gasteiger partial charge in [0, 0.05) is 6.20 Å². The number of aryl methyl sites for hydroxylation is 1. The van der Waals surface area contributed by atoms with Crippen LogP contribution < -0.4 is 0 Å². The zero-order valence-electron chi connectivity index (χ0n) is 15.9. The van der Waals surface area contributed by atoms with Crippen LogP contribution in [0.25, 0.3) is 0 Å². The van der Waals surface area contributed by atoms with Crippen LogP contribution >= 0.6 is 11.6 Å². The summed E-state index contributed by atoms with van der Waals surface area (Å²) in [5.74, 6) is 0. The summed E-state index contributed by atoms with van der Waals surface area (Å²) in [5, 5.41) is 0.822. The molecule has 24 heavy (non-hydrogen) atoms. The summed E-state index contributed by atoms with van der Waals surface area (Å²) in [6.45, 7) is 2.29. The molecule has 0 spiro atoms. The van der Waals surface area contributed by atoms with Crippen LogP contribution in [0.2, 0.25) is 5.02 Å². The van der Waals surface area contributed by atoms with E-state index in [0.717, 1.165) is 17.1 Å². The highest BCUT2D eigenvalue weighted by Crippen LogP contribution is 2.16. The lowest BCUT2D eigenvalue weighted by Gasteiger charge is -2.04. The predicted octanol–water partition coefficient (Wildman–Crippen LogP) is 8.15. The first kappa shape index (κ1) is 21.5. The monoisotopic (exact) mass is 351 g/mol. The Hall–Kier alpha value is -0.560. The van der Waals surface area contributed by atoms with E-state index in [1.54, 1.807) is 0 Å². The van der Waals surface area contributed by atoms with Crippen LogP contribution in [0, 0.1) is 0 Å². The van der Waals surface area contributed by atoms with Crippen molar-refractivity contribution in [1.82, 2.24) is 4.98 Å². The summed E-state index contributed by atoms with van der Waals surface area (Å²) in [6.07, 6.45) is 24.0. The lowest BCUT2D eigenvalue weighted by atomic mass is 10.0. The van der Waals surface area contributed by atoms with Crippen LogP contribution in [-0.2, 0) is 6.42 Å². The summed E-state index contributed by atoms with van der Waals surface area (Å²) < 4.78 is 0. The van der Waals surface area contributed by atoms with Crippen LogP contribution in [0.5, 0.6) is 0 Å². The number of rotatable bonds is 16. The standard InChI is InChI=1S/C22H38ClN/c1-2-3-4-5-6-7-8-9-10-11-12-13-14-15-16-19-22-21(23)18-17-20-24-22/h17-18,20H,2-16,19H2,1H3. The quantitative estimate of drug-likeness (QED) is 0.274. The molecule has 1 heterocycles. The Labute approximate surface area is 155 Å². The molecule has 0 aliphatic carbocycles. The number of unbranched alkanes of at least 4 members (excludes halogenated alkanes) is 14. The maximum atomic E-state index is 6.13. The van der Waals surface area contributed by atoms with Crippen molar-refractivity contribution < 1.29 is 0 Å². The zero-order chi connectivity index (χ0) is 17.3. The fraction of sp³-hybridized carbons (Fsp3) is 0.773. The van der Waals surface area contributed by atoms with Crippen molar-refractivity contribution in [1.29, 1.82) is 0 Å². The third kappa shape index (κ3) is 11.9. The SMILES string of the molecule is CCCCCCCCCCCCCCCCCc1ncccc1Cl. The molecule has 1 rings (SSSR count). The second-order valence-electron chi connectivity index (χ2n) is 7.13. The average Bonchev–Trinajstić information content (AvgIpc) is 2.60. The second-order valence-corrected chi connectivity index (χ2v) is 7.54. The molecule has 1 aromatic rings. The van der Waals surface area contributed by atoms with Gasteiger partial charge in [0.15, 0.2) is 0 Å². The topological polar surface area (TPSA) is 12.9 Å². The highest BCUT2D eigenvalue weighted by molar-refractivity contribution is 6.31. The first-order chi connectivity index (χ1) is 11.8. The van der Waals surface area contributed by atoms with Gasteiger partial charge in [0.2, 0.25) is 0 Å². The molecule has 0 saturated heterocycles. The minimum absolute atomic E-state index is 0.822. The highest BCUT2D eigenvalue weighted by Gasteiger charge is 2.00. The van der Waals surface area contributed by atoms with E-state index in [1.165, 1.54) is 96.3 Å². The molecule has 0 bridgehead atoms. The van der Waals surface area contributed by atoms with Gasteiger partial charge in [0.1, 0.15) is 0 Å². The summed E-state index contributed by atoms with van der Waals surface area (Å²) >= 11 is 6.13. The highest BCUT2D eigenvalue weighted by atomic mass is 35.5. The molecule has 138 valence electrons. The Kier molecular flexibility index (Phi) is 14.3. The number of aromatic nitrogens is 1. The molecule has 2 heteroatoms. The van der Waals surface area contributed by atoms with Crippen LogP contribution in [0.3, 0.4) is 0 Å². The van der Waals surface area contributed by atoms with Crippen molar-refractivity contribution in [2.45, 2.75) is 110 Å². The van der Waals surface area contributed by atoms with E-state index in [2.05, 4.69) is 11.9 Å². The predicted molar refractivity (Wildman–Crippen MR) is 108 cm³/mol. The summed E-state index contributed by atoms with van der Waals surface area (Å²) in [4.78, 5) is 4.35. The van der Waals surface area contributed by atoms with Gasteiger partial charge in [-0.25, -0.2) is 0 Å². The second kappa shape index (κ2) is 15.9. The molecular formula is C22H38ClN. The number of pyridine rings is 1. The minimum Gasteiger partial charge on any atom is -0.260 e. The van der Waals surface area contributed by atoms with Gasteiger partial charge < -0.3 is 0 Å². The molecule has 0 N–H and O–H groups in total. The molecule has 0 radical (unpaired) electrons. The van der Waals surface area contributed by atoms with Gasteiger partial charge in [-0.15, -0.1) is 0 Å². The van der Waals surface area contributed by atoms with Gasteiger partial charge in [-0.3, -0.25) is 4.98 Å². The molecule has 1 aromatic heterocycles. The molecule has 0 fully saturated rings. The van der Waals surface area contributed by atoms with Crippen LogP contribution in [-0.4, -0.2) is 4.98 Å². The molecule has 1 nitrogen and oxygen atoms in total. The molecule has 0 saturated carbocycles. The van der Waals surface area contributed by atoms with Crippen molar-refractivity contribution in [3.05, 3.63) is 29.0 Å². The fourth-order valence-electron chi connectivity index (χ4n) is 3.27. The first-order valence-electron chi connectivity index (χ1n) is 10.4. The maximum Gasteiger partial charge on any atom is 0.0621 e.